The average Bonchev–Trinajstić information content (AvgIpc) is 2.81. The summed E-state index contributed by atoms with van der Waals surface area (Å²) in [4.78, 5) is 14.6. The molecule has 3 N–H and O–H groups in total. The van der Waals surface area contributed by atoms with Crippen molar-refractivity contribution >= 4 is 27.9 Å². The number of nitrogens with one attached hydrogen (secondary N) is 1. The van der Waals surface area contributed by atoms with Crippen molar-refractivity contribution in [3.05, 3.63) is 46.3 Å². The lowest BCUT2D eigenvalue weighted by atomic mass is 10.1. The summed E-state index contributed by atoms with van der Waals surface area (Å²) in [6, 6.07) is 10.3. The molecule has 112 valence electrons. The first kappa shape index (κ1) is 15.4. The molecule has 1 amide bonds. The fourth-order valence-corrected chi connectivity index (χ4v) is 3.12. The molecule has 2 rings (SSSR count). The summed E-state index contributed by atoms with van der Waals surface area (Å²) in [7, 11) is 2.01. The van der Waals surface area contributed by atoms with Crippen LogP contribution in [-0.2, 0) is 6.54 Å². The van der Waals surface area contributed by atoms with Gasteiger partial charge in [0.15, 0.2) is 0 Å². The Morgan fingerprint density at radius 3 is 2.81 bits per heavy atom. The lowest BCUT2D eigenvalue weighted by molar-refractivity contribution is 0.0960. The van der Waals surface area contributed by atoms with Gasteiger partial charge in [-0.1, -0.05) is 29.8 Å². The van der Waals surface area contributed by atoms with E-state index in [1.54, 1.807) is 0 Å². The molecule has 5 heteroatoms. The van der Waals surface area contributed by atoms with E-state index < -0.39 is 0 Å². The minimum absolute atomic E-state index is 0.102. The van der Waals surface area contributed by atoms with Crippen LogP contribution in [0.2, 0.25) is 0 Å². The summed E-state index contributed by atoms with van der Waals surface area (Å²) < 4.78 is 0. The molecule has 0 radical (unpaired) electrons. The molecule has 0 bridgehead atoms. The predicted molar refractivity (Wildman–Crippen MR) is 90.0 cm³/mol. The number of hydrogen-bond donors (Lipinski definition) is 2. The molecule has 0 spiro atoms. The summed E-state index contributed by atoms with van der Waals surface area (Å²) >= 11 is 1.43. The highest BCUT2D eigenvalue weighted by Crippen LogP contribution is 2.32. The van der Waals surface area contributed by atoms with Gasteiger partial charge in [0, 0.05) is 20.1 Å². The number of nitrogens with zero attached hydrogens (tertiary/aromatic N) is 1. The van der Waals surface area contributed by atoms with Crippen molar-refractivity contribution < 1.29 is 4.79 Å². The van der Waals surface area contributed by atoms with Gasteiger partial charge in [-0.25, -0.2) is 0 Å². The van der Waals surface area contributed by atoms with Crippen LogP contribution < -0.4 is 16.0 Å². The van der Waals surface area contributed by atoms with Crippen molar-refractivity contribution in [2.45, 2.75) is 20.4 Å². The maximum absolute atomic E-state index is 11.9. The van der Waals surface area contributed by atoms with Gasteiger partial charge in [0.1, 0.15) is 4.88 Å². The Morgan fingerprint density at radius 2 is 2.14 bits per heavy atom. The number of aryl methyl sites for hydroxylation is 1. The fraction of sp³-hybridized carbons (Fsp3) is 0.312. The number of carbonyl (C=O) groups excluding carboxylic acids is 1. The Morgan fingerprint density at radius 1 is 1.38 bits per heavy atom. The highest BCUT2D eigenvalue weighted by Gasteiger charge is 2.15. The van der Waals surface area contributed by atoms with Crippen LogP contribution >= 0.6 is 11.3 Å². The SMILES string of the molecule is CCNC(=O)c1sc(N(C)Cc2cccc(C)c2)cc1N. The van der Waals surface area contributed by atoms with Gasteiger partial charge >= 0.3 is 0 Å². The molecule has 0 aliphatic rings. The molecule has 1 heterocycles. The van der Waals surface area contributed by atoms with Crippen molar-refractivity contribution in [2.75, 3.05) is 24.2 Å². The topological polar surface area (TPSA) is 58.4 Å². The lowest BCUT2D eigenvalue weighted by Crippen LogP contribution is -2.22. The number of nitrogen functional groups attached to an aromatic ring is 1. The Hall–Kier alpha value is -2.01. The minimum Gasteiger partial charge on any atom is -0.397 e. The number of thiophene rings is 1. The van der Waals surface area contributed by atoms with E-state index in [0.29, 0.717) is 17.1 Å². The third-order valence-electron chi connectivity index (χ3n) is 3.17. The Bertz CT molecular complexity index is 636. The van der Waals surface area contributed by atoms with Gasteiger partial charge in [-0.2, -0.15) is 0 Å². The Labute approximate surface area is 129 Å². The van der Waals surface area contributed by atoms with Gasteiger partial charge in [0.25, 0.3) is 5.91 Å². The van der Waals surface area contributed by atoms with Crippen LogP contribution in [0.4, 0.5) is 10.7 Å². The quantitative estimate of drug-likeness (QED) is 0.892. The summed E-state index contributed by atoms with van der Waals surface area (Å²) in [5, 5.41) is 3.78. The van der Waals surface area contributed by atoms with Gasteiger partial charge in [-0.05, 0) is 25.5 Å². The van der Waals surface area contributed by atoms with Gasteiger partial charge in [0.2, 0.25) is 0 Å². The second-order valence-corrected chi connectivity index (χ2v) is 6.10. The van der Waals surface area contributed by atoms with Crippen molar-refractivity contribution in [2.24, 2.45) is 0 Å². The molecule has 0 unspecified atom stereocenters. The first-order valence-corrected chi connectivity index (χ1v) is 7.77. The zero-order chi connectivity index (χ0) is 15.4. The normalized spacial score (nSPS) is 10.4. The van der Waals surface area contributed by atoms with E-state index >= 15 is 0 Å². The van der Waals surface area contributed by atoms with Crippen LogP contribution in [0.3, 0.4) is 0 Å². The van der Waals surface area contributed by atoms with Crippen molar-refractivity contribution in [3.63, 3.8) is 0 Å². The summed E-state index contributed by atoms with van der Waals surface area (Å²) in [6.07, 6.45) is 0. The second-order valence-electron chi connectivity index (χ2n) is 5.07. The highest BCUT2D eigenvalue weighted by atomic mass is 32.1. The second kappa shape index (κ2) is 6.63. The van der Waals surface area contributed by atoms with Gasteiger partial charge in [-0.3, -0.25) is 4.79 Å². The number of amides is 1. The van der Waals surface area contributed by atoms with Crippen molar-refractivity contribution in [3.8, 4) is 0 Å². The number of nitrogens with two attached hydrogens (primary N) is 1. The molecule has 0 atom stereocenters. The maximum atomic E-state index is 11.9. The molecule has 0 aliphatic heterocycles. The van der Waals surface area contributed by atoms with Crippen LogP contribution in [-0.4, -0.2) is 19.5 Å². The summed E-state index contributed by atoms with van der Waals surface area (Å²) in [6.45, 7) is 5.37. The van der Waals surface area contributed by atoms with Crippen molar-refractivity contribution in [1.82, 2.24) is 5.32 Å². The first-order valence-electron chi connectivity index (χ1n) is 6.95. The monoisotopic (exact) mass is 303 g/mol. The highest BCUT2D eigenvalue weighted by molar-refractivity contribution is 7.18. The number of anilines is 2. The number of rotatable bonds is 5. The van der Waals surface area contributed by atoms with Crippen LogP contribution in [0.1, 0.15) is 27.7 Å². The number of carbonyl (C=O) groups is 1. The van der Waals surface area contributed by atoms with E-state index in [1.165, 1.54) is 22.5 Å². The molecule has 0 saturated carbocycles. The molecule has 4 nitrogen and oxygen atoms in total. The smallest absolute Gasteiger partial charge is 0.263 e. The zero-order valence-electron chi connectivity index (χ0n) is 12.6. The molecular weight excluding hydrogens is 282 g/mol. The molecule has 0 aliphatic carbocycles. The van der Waals surface area contributed by atoms with E-state index in [1.807, 2.05) is 20.0 Å². The average molecular weight is 303 g/mol. The van der Waals surface area contributed by atoms with Gasteiger partial charge < -0.3 is 16.0 Å². The predicted octanol–water partition coefficient (Wildman–Crippen LogP) is 3.02. The first-order chi connectivity index (χ1) is 10.0. The fourth-order valence-electron chi connectivity index (χ4n) is 2.16. The molecule has 0 fully saturated rings. The number of hydrogen-bond acceptors (Lipinski definition) is 4. The Kier molecular flexibility index (Phi) is 4.85. The third kappa shape index (κ3) is 3.76. The van der Waals surface area contributed by atoms with E-state index in [0.717, 1.165) is 11.5 Å². The third-order valence-corrected chi connectivity index (χ3v) is 4.43. The van der Waals surface area contributed by atoms with Gasteiger partial charge in [-0.15, -0.1) is 11.3 Å². The van der Waals surface area contributed by atoms with Crippen LogP contribution in [0.15, 0.2) is 30.3 Å². The van der Waals surface area contributed by atoms with Crippen LogP contribution in [0.5, 0.6) is 0 Å². The summed E-state index contributed by atoms with van der Waals surface area (Å²) in [5.74, 6) is -0.102. The molecule has 1 aromatic heterocycles. The van der Waals surface area contributed by atoms with Crippen LogP contribution in [0, 0.1) is 6.92 Å². The van der Waals surface area contributed by atoms with Crippen molar-refractivity contribution in [1.29, 1.82) is 0 Å². The lowest BCUT2D eigenvalue weighted by Gasteiger charge is -2.17. The maximum Gasteiger partial charge on any atom is 0.263 e. The Balaban J connectivity index is 2.14. The largest absolute Gasteiger partial charge is 0.397 e. The zero-order valence-corrected chi connectivity index (χ0v) is 13.5. The molecule has 21 heavy (non-hydrogen) atoms. The van der Waals surface area contributed by atoms with E-state index in [-0.39, 0.29) is 5.91 Å². The van der Waals surface area contributed by atoms with Crippen LogP contribution in [0.25, 0.3) is 0 Å². The standard InChI is InChI=1S/C16H21N3OS/c1-4-18-16(20)15-13(17)9-14(21-15)19(3)10-12-7-5-6-11(2)8-12/h5-9H,4,10,17H2,1-3H3,(H,18,20). The molecule has 1 aromatic carbocycles. The van der Waals surface area contributed by atoms with E-state index in [2.05, 4.69) is 41.4 Å². The molecular formula is C16H21N3OS. The molecule has 0 saturated heterocycles. The minimum atomic E-state index is -0.102. The van der Waals surface area contributed by atoms with E-state index in [9.17, 15) is 4.79 Å². The summed E-state index contributed by atoms with van der Waals surface area (Å²) in [5.41, 5.74) is 8.97. The van der Waals surface area contributed by atoms with Gasteiger partial charge in [0.05, 0.1) is 10.7 Å². The number of benzene rings is 1. The molecule has 2 aromatic rings. The van der Waals surface area contributed by atoms with E-state index in [4.69, 9.17) is 5.73 Å².